The quantitative estimate of drug-likeness (QED) is 0.747. The molecule has 0 amide bonds. The van der Waals surface area contributed by atoms with Crippen LogP contribution in [0.4, 0.5) is 0 Å². The molecule has 3 nitrogen and oxygen atoms in total. The summed E-state index contributed by atoms with van der Waals surface area (Å²) in [4.78, 5) is 0. The highest BCUT2D eigenvalue weighted by molar-refractivity contribution is 5.05. The predicted octanol–water partition coefficient (Wildman–Crippen LogP) is 1.52. The molecule has 3 unspecified atom stereocenters. The van der Waals surface area contributed by atoms with Crippen LogP contribution in [0.1, 0.15) is 25.1 Å². The van der Waals surface area contributed by atoms with Gasteiger partial charge in [0.25, 0.3) is 0 Å². The third kappa shape index (κ3) is 2.16. The molecule has 1 heterocycles. The average molecular weight is 194 g/mol. The van der Waals surface area contributed by atoms with Crippen molar-refractivity contribution in [1.82, 2.24) is 5.32 Å². The van der Waals surface area contributed by atoms with Crippen LogP contribution in [0, 0.1) is 11.8 Å². The summed E-state index contributed by atoms with van der Waals surface area (Å²) in [6.07, 6.45) is 3.04. The number of nitrogens with two attached hydrogens (primary N) is 1. The van der Waals surface area contributed by atoms with Crippen molar-refractivity contribution in [3.63, 3.8) is 0 Å². The Morgan fingerprint density at radius 1 is 1.71 bits per heavy atom. The van der Waals surface area contributed by atoms with E-state index in [0.29, 0.717) is 6.54 Å². The normalized spacial score (nSPS) is 27.6. The molecule has 14 heavy (non-hydrogen) atoms. The fourth-order valence-electron chi connectivity index (χ4n) is 1.77. The van der Waals surface area contributed by atoms with Gasteiger partial charge in [-0.2, -0.15) is 0 Å². The highest BCUT2D eigenvalue weighted by Gasteiger charge is 2.32. The van der Waals surface area contributed by atoms with Crippen molar-refractivity contribution in [1.29, 1.82) is 0 Å². The van der Waals surface area contributed by atoms with Gasteiger partial charge in [0.2, 0.25) is 0 Å². The van der Waals surface area contributed by atoms with E-state index in [9.17, 15) is 0 Å². The maximum atomic E-state index is 5.68. The van der Waals surface area contributed by atoms with E-state index >= 15 is 0 Å². The number of hydrogen-bond acceptors (Lipinski definition) is 3. The monoisotopic (exact) mass is 194 g/mol. The molecule has 3 atom stereocenters. The zero-order chi connectivity index (χ0) is 9.97. The van der Waals surface area contributed by atoms with E-state index in [0.717, 1.165) is 24.1 Å². The molecule has 1 aromatic heterocycles. The Balaban J connectivity index is 1.81. The van der Waals surface area contributed by atoms with Crippen molar-refractivity contribution in [2.45, 2.75) is 19.4 Å². The molecule has 0 bridgehead atoms. The van der Waals surface area contributed by atoms with Crippen LogP contribution in [0.25, 0.3) is 0 Å². The van der Waals surface area contributed by atoms with E-state index in [1.54, 1.807) is 6.26 Å². The zero-order valence-corrected chi connectivity index (χ0v) is 8.57. The lowest BCUT2D eigenvalue weighted by Gasteiger charge is -2.13. The van der Waals surface area contributed by atoms with Crippen molar-refractivity contribution in [2.75, 3.05) is 13.1 Å². The molecule has 2 rings (SSSR count). The lowest BCUT2D eigenvalue weighted by molar-refractivity contribution is 0.409. The van der Waals surface area contributed by atoms with Gasteiger partial charge >= 0.3 is 0 Å². The minimum atomic E-state index is 0.179. The maximum Gasteiger partial charge on any atom is 0.121 e. The minimum absolute atomic E-state index is 0.179. The van der Waals surface area contributed by atoms with Crippen molar-refractivity contribution < 1.29 is 4.42 Å². The first-order valence-corrected chi connectivity index (χ1v) is 5.28. The van der Waals surface area contributed by atoms with Crippen LogP contribution in [0.3, 0.4) is 0 Å². The van der Waals surface area contributed by atoms with Gasteiger partial charge < -0.3 is 15.5 Å². The standard InChI is InChI=1S/C11H18N2O/c1-8-5-9(8)7-13-10(6-12)11-3-2-4-14-11/h2-4,8-10,13H,5-7,12H2,1H3. The fourth-order valence-corrected chi connectivity index (χ4v) is 1.77. The van der Waals surface area contributed by atoms with Gasteiger partial charge in [-0.25, -0.2) is 0 Å². The molecule has 78 valence electrons. The summed E-state index contributed by atoms with van der Waals surface area (Å²) in [6.45, 7) is 3.94. The first kappa shape index (κ1) is 9.74. The van der Waals surface area contributed by atoms with Gasteiger partial charge in [0.1, 0.15) is 5.76 Å². The maximum absolute atomic E-state index is 5.68. The summed E-state index contributed by atoms with van der Waals surface area (Å²) in [6, 6.07) is 4.05. The number of rotatable bonds is 5. The van der Waals surface area contributed by atoms with E-state index in [-0.39, 0.29) is 6.04 Å². The number of nitrogens with one attached hydrogen (secondary N) is 1. The Hall–Kier alpha value is -0.800. The second kappa shape index (κ2) is 4.15. The summed E-state index contributed by atoms with van der Waals surface area (Å²) in [7, 11) is 0. The largest absolute Gasteiger partial charge is 0.468 e. The Morgan fingerprint density at radius 2 is 2.50 bits per heavy atom. The SMILES string of the molecule is CC1CC1CNC(CN)c1ccco1. The van der Waals surface area contributed by atoms with E-state index in [1.807, 2.05) is 12.1 Å². The predicted molar refractivity (Wildman–Crippen MR) is 55.8 cm³/mol. The second-order valence-corrected chi connectivity index (χ2v) is 4.19. The summed E-state index contributed by atoms with van der Waals surface area (Å²) in [5.74, 6) is 2.68. The summed E-state index contributed by atoms with van der Waals surface area (Å²) < 4.78 is 5.32. The molecule has 1 saturated carbocycles. The molecule has 3 N–H and O–H groups in total. The summed E-state index contributed by atoms with van der Waals surface area (Å²) in [5.41, 5.74) is 5.68. The van der Waals surface area contributed by atoms with Gasteiger partial charge in [0.05, 0.1) is 12.3 Å². The molecule has 1 aromatic rings. The highest BCUT2D eigenvalue weighted by Crippen LogP contribution is 2.37. The van der Waals surface area contributed by atoms with Gasteiger partial charge in [-0.05, 0) is 36.9 Å². The van der Waals surface area contributed by atoms with Crippen molar-refractivity contribution >= 4 is 0 Å². The molecule has 3 heteroatoms. The molecule has 0 aromatic carbocycles. The van der Waals surface area contributed by atoms with Crippen LogP contribution in [0.15, 0.2) is 22.8 Å². The van der Waals surface area contributed by atoms with E-state index in [2.05, 4.69) is 12.2 Å². The first-order chi connectivity index (χ1) is 6.81. The summed E-state index contributed by atoms with van der Waals surface area (Å²) >= 11 is 0. The fraction of sp³-hybridized carbons (Fsp3) is 0.636. The molecule has 1 aliphatic rings. The van der Waals surface area contributed by atoms with Crippen molar-refractivity contribution in [3.05, 3.63) is 24.2 Å². The summed E-state index contributed by atoms with van der Waals surface area (Å²) in [5, 5.41) is 3.45. The Morgan fingerprint density at radius 3 is 3.00 bits per heavy atom. The van der Waals surface area contributed by atoms with Gasteiger partial charge in [-0.15, -0.1) is 0 Å². The second-order valence-electron chi connectivity index (χ2n) is 4.19. The molecule has 1 aliphatic carbocycles. The molecule has 0 spiro atoms. The van der Waals surface area contributed by atoms with Crippen LogP contribution >= 0.6 is 0 Å². The highest BCUT2D eigenvalue weighted by atomic mass is 16.3. The topological polar surface area (TPSA) is 51.2 Å². The van der Waals surface area contributed by atoms with Gasteiger partial charge in [-0.1, -0.05) is 6.92 Å². The average Bonchev–Trinajstić information content (AvgIpc) is 2.70. The van der Waals surface area contributed by atoms with E-state index < -0.39 is 0 Å². The van der Waals surface area contributed by atoms with E-state index in [1.165, 1.54) is 6.42 Å². The molecule has 0 radical (unpaired) electrons. The van der Waals surface area contributed by atoms with Crippen LogP contribution in [0.5, 0.6) is 0 Å². The third-order valence-corrected chi connectivity index (χ3v) is 3.02. The third-order valence-electron chi connectivity index (χ3n) is 3.02. The minimum Gasteiger partial charge on any atom is -0.468 e. The molecule has 0 aliphatic heterocycles. The van der Waals surface area contributed by atoms with Gasteiger partial charge in [0.15, 0.2) is 0 Å². The molecule has 0 saturated heterocycles. The van der Waals surface area contributed by atoms with Crippen LogP contribution in [-0.4, -0.2) is 13.1 Å². The van der Waals surface area contributed by atoms with Crippen molar-refractivity contribution in [2.24, 2.45) is 17.6 Å². The van der Waals surface area contributed by atoms with Gasteiger partial charge in [0, 0.05) is 6.54 Å². The Bertz CT molecular complexity index is 271. The molecule has 1 fully saturated rings. The lowest BCUT2D eigenvalue weighted by Crippen LogP contribution is -2.29. The van der Waals surface area contributed by atoms with Crippen LogP contribution < -0.4 is 11.1 Å². The molecular weight excluding hydrogens is 176 g/mol. The molecular formula is C11H18N2O. The van der Waals surface area contributed by atoms with Crippen LogP contribution in [-0.2, 0) is 0 Å². The van der Waals surface area contributed by atoms with Gasteiger partial charge in [-0.3, -0.25) is 0 Å². The van der Waals surface area contributed by atoms with E-state index in [4.69, 9.17) is 10.2 Å². The first-order valence-electron chi connectivity index (χ1n) is 5.28. The Labute approximate surface area is 84.7 Å². The Kier molecular flexibility index (Phi) is 2.89. The zero-order valence-electron chi connectivity index (χ0n) is 8.57. The smallest absolute Gasteiger partial charge is 0.121 e. The lowest BCUT2D eigenvalue weighted by atomic mass is 10.2. The van der Waals surface area contributed by atoms with Crippen LogP contribution in [0.2, 0.25) is 0 Å². The number of hydrogen-bond donors (Lipinski definition) is 2. The number of furan rings is 1. The van der Waals surface area contributed by atoms with Crippen molar-refractivity contribution in [3.8, 4) is 0 Å².